The molecule has 1 nitrogen and oxygen atoms in total. The fraction of sp³-hybridized carbons (Fsp3) is 0.778. The van der Waals surface area contributed by atoms with E-state index in [-0.39, 0.29) is 43.9 Å². The first-order valence-corrected chi connectivity index (χ1v) is 3.71. The fourth-order valence-electron chi connectivity index (χ4n) is 0.712. The molecule has 0 spiro atoms. The van der Waals surface area contributed by atoms with Crippen molar-refractivity contribution in [3.05, 3.63) is 6.92 Å². The summed E-state index contributed by atoms with van der Waals surface area (Å²) in [7, 11) is 0. The van der Waals surface area contributed by atoms with Crippen LogP contribution in [0.15, 0.2) is 0 Å². The summed E-state index contributed by atoms with van der Waals surface area (Å²) in [5.41, 5.74) is 0.110. The number of rotatable bonds is 3. The Hall–Kier alpha value is 0.644. The summed E-state index contributed by atoms with van der Waals surface area (Å²) in [6.45, 7) is 11.8. The number of hydrogen-bond acceptors (Lipinski definition) is 1. The van der Waals surface area contributed by atoms with Crippen LogP contribution >= 0.6 is 0 Å². The Balaban J connectivity index is 0. The predicted molar refractivity (Wildman–Crippen MR) is 43.6 cm³/mol. The van der Waals surface area contributed by atoms with Crippen LogP contribution in [0.4, 0.5) is 0 Å². The van der Waals surface area contributed by atoms with Crippen molar-refractivity contribution in [2.24, 2.45) is 11.3 Å². The number of carbonyl (C=O) groups excluding carboxylic acids is 1. The van der Waals surface area contributed by atoms with Gasteiger partial charge in [-0.05, 0) is 23.5 Å². The Bertz CT molecular complexity index is 128. The molecule has 1 radical (unpaired) electrons. The van der Waals surface area contributed by atoms with E-state index in [1.165, 1.54) is 0 Å². The fourth-order valence-corrected chi connectivity index (χ4v) is 0.712. The van der Waals surface area contributed by atoms with Gasteiger partial charge >= 0.3 is 0 Å². The Morgan fingerprint density at radius 3 is 1.91 bits per heavy atom. The van der Waals surface area contributed by atoms with Gasteiger partial charge in [-0.25, -0.2) is 0 Å². The maximum atomic E-state index is 10.7. The second-order valence-electron chi connectivity index (χ2n) is 3.86. The molecule has 0 aliphatic heterocycles. The van der Waals surface area contributed by atoms with Gasteiger partial charge in [0.1, 0.15) is 0 Å². The van der Waals surface area contributed by atoms with Crippen LogP contribution in [0.1, 0.15) is 34.1 Å². The Labute approximate surface area is 95.2 Å². The molecule has 0 unspecified atom stereocenters. The molecule has 0 aliphatic rings. The van der Waals surface area contributed by atoms with Gasteiger partial charge in [0.2, 0.25) is 0 Å². The normalized spacial score (nSPS) is 11.0. The van der Waals surface area contributed by atoms with E-state index in [2.05, 4.69) is 34.6 Å². The molecule has 0 rings (SSSR count). The van der Waals surface area contributed by atoms with E-state index in [9.17, 15) is 4.79 Å². The summed E-state index contributed by atoms with van der Waals surface area (Å²) < 4.78 is 0. The van der Waals surface area contributed by atoms with Crippen molar-refractivity contribution in [3.63, 3.8) is 0 Å². The summed E-state index contributed by atoms with van der Waals surface area (Å²) in [4.78, 5) is 10.7. The van der Waals surface area contributed by atoms with Gasteiger partial charge in [-0.2, -0.15) is 0 Å². The molecule has 0 bridgehead atoms. The van der Waals surface area contributed by atoms with E-state index in [0.717, 1.165) is 0 Å². The average molecular weight is 230 g/mol. The molecule has 0 saturated carbocycles. The second kappa shape index (κ2) is 5.32. The van der Waals surface area contributed by atoms with Crippen molar-refractivity contribution in [1.82, 2.24) is 0 Å². The molecule has 0 fully saturated rings. The molecule has 0 amide bonds. The molecule has 0 N–H and O–H groups in total. The predicted octanol–water partition coefficient (Wildman–Crippen LogP) is 2.46. The minimum Gasteiger partial charge on any atom is -0.339 e. The maximum Gasteiger partial charge on any atom is 0 e. The van der Waals surface area contributed by atoms with E-state index in [4.69, 9.17) is 0 Å². The smallest absolute Gasteiger partial charge is 0 e. The van der Waals surface area contributed by atoms with Crippen LogP contribution in [-0.2, 0) is 37.5 Å². The third-order valence-electron chi connectivity index (χ3n) is 2.22. The van der Waals surface area contributed by atoms with Crippen molar-refractivity contribution in [1.29, 1.82) is 0 Å². The summed E-state index contributed by atoms with van der Waals surface area (Å²) in [5.74, 6) is 0.580. The molecule has 0 aromatic rings. The minimum atomic E-state index is 0. The van der Waals surface area contributed by atoms with Gasteiger partial charge in [0.05, 0.1) is 0 Å². The summed E-state index contributed by atoms with van der Waals surface area (Å²) in [6, 6.07) is 0. The van der Waals surface area contributed by atoms with Crippen LogP contribution in [0.25, 0.3) is 0 Å². The molecule has 0 aromatic heterocycles. The largest absolute Gasteiger partial charge is 0.339 e. The minimum absolute atomic E-state index is 0. The van der Waals surface area contributed by atoms with Crippen LogP contribution in [0.5, 0.6) is 0 Å². The van der Waals surface area contributed by atoms with Gasteiger partial charge in [0.15, 0.2) is 0 Å². The SMILES string of the molecule is [CH2-]C(=O)CC(C)(C)C(C)C.[Y]. The number of Topliss-reactive ketones (excluding diaryl/α,β-unsaturated/α-hetero) is 1. The van der Waals surface area contributed by atoms with Crippen molar-refractivity contribution < 1.29 is 37.5 Å². The van der Waals surface area contributed by atoms with Crippen LogP contribution in [-0.4, -0.2) is 5.78 Å². The van der Waals surface area contributed by atoms with E-state index in [0.29, 0.717) is 12.3 Å². The van der Waals surface area contributed by atoms with Crippen LogP contribution in [0.3, 0.4) is 0 Å². The monoisotopic (exact) mass is 230 g/mol. The van der Waals surface area contributed by atoms with Gasteiger partial charge in [0.25, 0.3) is 0 Å². The molecular formula is C9H17OY-. The van der Waals surface area contributed by atoms with Crippen LogP contribution in [0, 0.1) is 18.3 Å². The Kier molecular flexibility index (Phi) is 6.86. The maximum absolute atomic E-state index is 10.7. The van der Waals surface area contributed by atoms with Crippen molar-refractivity contribution in [3.8, 4) is 0 Å². The molecule has 0 aromatic carbocycles. The molecule has 63 valence electrons. The van der Waals surface area contributed by atoms with Gasteiger partial charge in [-0.3, -0.25) is 0 Å². The summed E-state index contributed by atoms with van der Waals surface area (Å²) in [5, 5.41) is 0. The Morgan fingerprint density at radius 1 is 1.45 bits per heavy atom. The molecule has 2 heteroatoms. The van der Waals surface area contributed by atoms with Crippen molar-refractivity contribution in [2.45, 2.75) is 34.1 Å². The first-order chi connectivity index (χ1) is 4.36. The van der Waals surface area contributed by atoms with Crippen molar-refractivity contribution >= 4 is 5.78 Å². The van der Waals surface area contributed by atoms with Gasteiger partial charge < -0.3 is 11.7 Å². The molecule has 0 aliphatic carbocycles. The van der Waals surface area contributed by atoms with E-state index in [1.807, 2.05) is 0 Å². The van der Waals surface area contributed by atoms with E-state index < -0.39 is 0 Å². The number of ketones is 1. The standard InChI is InChI=1S/C9H17O.Y/c1-7(2)9(4,5)6-8(3)10;/h7H,3,6H2,1-2,4-5H3;/q-1;. The first-order valence-electron chi connectivity index (χ1n) is 3.71. The van der Waals surface area contributed by atoms with E-state index >= 15 is 0 Å². The molecule has 0 atom stereocenters. The van der Waals surface area contributed by atoms with Gasteiger partial charge in [-0.1, -0.05) is 27.7 Å². The molecular weight excluding hydrogens is 213 g/mol. The van der Waals surface area contributed by atoms with E-state index in [1.54, 1.807) is 0 Å². The summed E-state index contributed by atoms with van der Waals surface area (Å²) in [6.07, 6.45) is 0.588. The quantitative estimate of drug-likeness (QED) is 0.680. The van der Waals surface area contributed by atoms with Gasteiger partial charge in [0, 0.05) is 32.7 Å². The molecule has 11 heavy (non-hydrogen) atoms. The first kappa shape index (κ1) is 14.2. The number of hydrogen-bond donors (Lipinski definition) is 0. The topological polar surface area (TPSA) is 17.1 Å². The molecule has 0 heterocycles. The second-order valence-corrected chi connectivity index (χ2v) is 3.86. The third-order valence-corrected chi connectivity index (χ3v) is 2.22. The average Bonchev–Trinajstić information content (AvgIpc) is 1.60. The number of carbonyl (C=O) groups is 1. The van der Waals surface area contributed by atoms with Crippen LogP contribution in [0.2, 0.25) is 0 Å². The van der Waals surface area contributed by atoms with Crippen molar-refractivity contribution in [2.75, 3.05) is 0 Å². The van der Waals surface area contributed by atoms with Gasteiger partial charge in [-0.15, -0.1) is 0 Å². The zero-order valence-electron chi connectivity index (χ0n) is 7.98. The Morgan fingerprint density at radius 2 is 1.82 bits per heavy atom. The summed E-state index contributed by atoms with van der Waals surface area (Å²) >= 11 is 0. The zero-order valence-corrected chi connectivity index (χ0v) is 10.8. The zero-order chi connectivity index (χ0) is 8.36. The third kappa shape index (κ3) is 5.87. The molecule has 0 saturated heterocycles. The van der Waals surface area contributed by atoms with Crippen LogP contribution < -0.4 is 0 Å².